The minimum atomic E-state index is -4.43. The van der Waals surface area contributed by atoms with Crippen LogP contribution in [0.3, 0.4) is 0 Å². The number of ether oxygens (including phenoxy) is 1. The van der Waals surface area contributed by atoms with E-state index in [-0.39, 0.29) is 17.7 Å². The summed E-state index contributed by atoms with van der Waals surface area (Å²) in [5.74, 6) is 0.279. The summed E-state index contributed by atoms with van der Waals surface area (Å²) in [6, 6.07) is 11.4. The summed E-state index contributed by atoms with van der Waals surface area (Å²) in [6.07, 6.45) is -2.42. The quantitative estimate of drug-likeness (QED) is 0.808. The Hall–Kier alpha value is -2.50. The standard InChI is InChI=1S/C18H16F3NO2/c1-22(14-8-9-14)17(23)12-4-2-6-15(10-12)24-16-7-3-5-13(11-16)18(19,20)21/h2-7,10-11,14H,8-9H2,1H3. The predicted molar refractivity (Wildman–Crippen MR) is 83.1 cm³/mol. The van der Waals surface area contributed by atoms with E-state index in [1.54, 1.807) is 36.2 Å². The third-order valence-corrected chi connectivity index (χ3v) is 3.89. The second-order valence-electron chi connectivity index (χ2n) is 5.80. The molecule has 0 bridgehead atoms. The van der Waals surface area contributed by atoms with Gasteiger partial charge in [0.05, 0.1) is 5.56 Å². The number of amides is 1. The lowest BCUT2D eigenvalue weighted by molar-refractivity contribution is -0.137. The lowest BCUT2D eigenvalue weighted by atomic mass is 10.2. The van der Waals surface area contributed by atoms with Crippen LogP contribution < -0.4 is 4.74 Å². The number of rotatable bonds is 4. The third-order valence-electron chi connectivity index (χ3n) is 3.89. The molecule has 0 saturated heterocycles. The number of alkyl halides is 3. The van der Waals surface area contributed by atoms with Gasteiger partial charge >= 0.3 is 6.18 Å². The molecule has 0 N–H and O–H groups in total. The summed E-state index contributed by atoms with van der Waals surface area (Å²) in [7, 11) is 1.75. The van der Waals surface area contributed by atoms with Gasteiger partial charge in [-0.3, -0.25) is 4.79 Å². The first-order chi connectivity index (χ1) is 11.3. The Morgan fingerprint density at radius 3 is 2.33 bits per heavy atom. The number of halogens is 3. The molecule has 2 aromatic rings. The Kier molecular flexibility index (Phi) is 4.22. The molecule has 0 spiro atoms. The fourth-order valence-electron chi connectivity index (χ4n) is 2.40. The van der Waals surface area contributed by atoms with Gasteiger partial charge in [-0.25, -0.2) is 0 Å². The van der Waals surface area contributed by atoms with Crippen molar-refractivity contribution in [3.8, 4) is 11.5 Å². The van der Waals surface area contributed by atoms with Gasteiger partial charge in [0.25, 0.3) is 5.91 Å². The van der Waals surface area contributed by atoms with Crippen LogP contribution in [-0.4, -0.2) is 23.9 Å². The fraction of sp³-hybridized carbons (Fsp3) is 0.278. The molecule has 24 heavy (non-hydrogen) atoms. The second kappa shape index (κ2) is 6.19. The monoisotopic (exact) mass is 335 g/mol. The summed E-state index contributed by atoms with van der Waals surface area (Å²) in [5, 5.41) is 0. The molecule has 0 heterocycles. The van der Waals surface area contributed by atoms with E-state index in [4.69, 9.17) is 4.74 Å². The smallest absolute Gasteiger partial charge is 0.416 e. The SMILES string of the molecule is CN(C(=O)c1cccc(Oc2cccc(C(F)(F)F)c2)c1)C1CC1. The van der Waals surface area contributed by atoms with Crippen molar-refractivity contribution in [3.05, 3.63) is 59.7 Å². The summed E-state index contributed by atoms with van der Waals surface area (Å²) in [4.78, 5) is 14.0. The van der Waals surface area contributed by atoms with Crippen LogP contribution >= 0.6 is 0 Å². The number of nitrogens with zero attached hydrogens (tertiary/aromatic N) is 1. The first-order valence-electron chi connectivity index (χ1n) is 7.57. The molecule has 0 aliphatic heterocycles. The number of hydrogen-bond donors (Lipinski definition) is 0. The highest BCUT2D eigenvalue weighted by Gasteiger charge is 2.31. The van der Waals surface area contributed by atoms with Crippen molar-refractivity contribution >= 4 is 5.91 Å². The van der Waals surface area contributed by atoms with E-state index in [0.717, 1.165) is 25.0 Å². The van der Waals surface area contributed by atoms with Crippen LogP contribution in [0, 0.1) is 0 Å². The number of carbonyl (C=O) groups excluding carboxylic acids is 1. The average molecular weight is 335 g/mol. The summed E-state index contributed by atoms with van der Waals surface area (Å²) in [6.45, 7) is 0. The second-order valence-corrected chi connectivity index (χ2v) is 5.80. The van der Waals surface area contributed by atoms with Crippen molar-refractivity contribution in [2.45, 2.75) is 25.1 Å². The maximum absolute atomic E-state index is 12.7. The Bertz CT molecular complexity index is 754. The molecule has 0 atom stereocenters. The largest absolute Gasteiger partial charge is 0.457 e. The lowest BCUT2D eigenvalue weighted by Gasteiger charge is -2.16. The van der Waals surface area contributed by atoms with E-state index >= 15 is 0 Å². The van der Waals surface area contributed by atoms with E-state index < -0.39 is 11.7 Å². The molecule has 0 unspecified atom stereocenters. The zero-order chi connectivity index (χ0) is 17.3. The summed E-state index contributed by atoms with van der Waals surface area (Å²) in [5.41, 5.74) is -0.324. The normalized spacial score (nSPS) is 14.3. The van der Waals surface area contributed by atoms with Crippen LogP contribution in [0.2, 0.25) is 0 Å². The molecular formula is C18H16F3NO2. The molecule has 3 rings (SSSR count). The first kappa shape index (κ1) is 16.4. The molecule has 0 aromatic heterocycles. The lowest BCUT2D eigenvalue weighted by Crippen LogP contribution is -2.28. The van der Waals surface area contributed by atoms with Gasteiger partial charge < -0.3 is 9.64 Å². The van der Waals surface area contributed by atoms with Crippen LogP contribution in [0.15, 0.2) is 48.5 Å². The molecule has 1 fully saturated rings. The van der Waals surface area contributed by atoms with E-state index in [2.05, 4.69) is 0 Å². The summed E-state index contributed by atoms with van der Waals surface area (Å²) < 4.78 is 43.7. The average Bonchev–Trinajstić information content (AvgIpc) is 3.38. The minimum absolute atomic E-state index is 0.0740. The zero-order valence-corrected chi connectivity index (χ0v) is 13.0. The summed E-state index contributed by atoms with van der Waals surface area (Å²) >= 11 is 0. The van der Waals surface area contributed by atoms with Crippen LogP contribution in [0.4, 0.5) is 13.2 Å². The Morgan fingerprint density at radius 1 is 1.08 bits per heavy atom. The molecule has 2 aromatic carbocycles. The third kappa shape index (κ3) is 3.69. The molecule has 6 heteroatoms. The van der Waals surface area contributed by atoms with Gasteiger partial charge in [0, 0.05) is 18.7 Å². The first-order valence-corrected chi connectivity index (χ1v) is 7.57. The fourth-order valence-corrected chi connectivity index (χ4v) is 2.40. The Labute approximate surface area is 137 Å². The topological polar surface area (TPSA) is 29.5 Å². The van der Waals surface area contributed by atoms with Gasteiger partial charge in [-0.2, -0.15) is 13.2 Å². The highest BCUT2D eigenvalue weighted by molar-refractivity contribution is 5.94. The van der Waals surface area contributed by atoms with Gasteiger partial charge in [0.15, 0.2) is 0 Å². The van der Waals surface area contributed by atoms with Crippen molar-refractivity contribution in [2.24, 2.45) is 0 Å². The Balaban J connectivity index is 1.78. The van der Waals surface area contributed by atoms with Crippen LogP contribution in [0.1, 0.15) is 28.8 Å². The molecule has 0 radical (unpaired) electrons. The van der Waals surface area contributed by atoms with Crippen molar-refractivity contribution in [1.82, 2.24) is 4.90 Å². The number of benzene rings is 2. The molecule has 1 aliphatic rings. The van der Waals surface area contributed by atoms with E-state index in [1.165, 1.54) is 12.1 Å². The molecule has 1 amide bonds. The van der Waals surface area contributed by atoms with E-state index in [9.17, 15) is 18.0 Å². The molecule has 1 saturated carbocycles. The van der Waals surface area contributed by atoms with E-state index in [1.807, 2.05) is 0 Å². The van der Waals surface area contributed by atoms with Gasteiger partial charge in [0.1, 0.15) is 11.5 Å². The maximum Gasteiger partial charge on any atom is 0.416 e. The minimum Gasteiger partial charge on any atom is -0.457 e. The highest BCUT2D eigenvalue weighted by atomic mass is 19.4. The number of carbonyl (C=O) groups is 1. The maximum atomic E-state index is 12.7. The molecule has 3 nitrogen and oxygen atoms in total. The van der Waals surface area contributed by atoms with Crippen LogP contribution in [0.5, 0.6) is 11.5 Å². The van der Waals surface area contributed by atoms with Gasteiger partial charge in [-0.05, 0) is 49.2 Å². The van der Waals surface area contributed by atoms with Gasteiger partial charge in [0.2, 0.25) is 0 Å². The number of hydrogen-bond acceptors (Lipinski definition) is 2. The van der Waals surface area contributed by atoms with Crippen molar-refractivity contribution in [1.29, 1.82) is 0 Å². The molecule has 126 valence electrons. The van der Waals surface area contributed by atoms with Crippen molar-refractivity contribution < 1.29 is 22.7 Å². The van der Waals surface area contributed by atoms with Gasteiger partial charge in [-0.15, -0.1) is 0 Å². The predicted octanol–water partition coefficient (Wildman–Crippen LogP) is 4.73. The van der Waals surface area contributed by atoms with Gasteiger partial charge in [-0.1, -0.05) is 12.1 Å². The zero-order valence-electron chi connectivity index (χ0n) is 13.0. The molecule has 1 aliphatic carbocycles. The Morgan fingerprint density at radius 2 is 1.71 bits per heavy atom. The van der Waals surface area contributed by atoms with Crippen LogP contribution in [0.25, 0.3) is 0 Å². The molecular weight excluding hydrogens is 319 g/mol. The highest BCUT2D eigenvalue weighted by Crippen LogP contribution is 2.33. The van der Waals surface area contributed by atoms with E-state index in [0.29, 0.717) is 11.3 Å². The van der Waals surface area contributed by atoms with Crippen molar-refractivity contribution in [2.75, 3.05) is 7.05 Å². The van der Waals surface area contributed by atoms with Crippen molar-refractivity contribution in [3.63, 3.8) is 0 Å². The van der Waals surface area contributed by atoms with Crippen LogP contribution in [-0.2, 0) is 6.18 Å².